The van der Waals surface area contributed by atoms with Crippen molar-refractivity contribution in [1.82, 2.24) is 4.98 Å². The fourth-order valence-corrected chi connectivity index (χ4v) is 1.45. The van der Waals surface area contributed by atoms with Crippen LogP contribution in [0.25, 0.3) is 10.9 Å². The molecule has 98 valence electrons. The lowest BCUT2D eigenvalue weighted by molar-refractivity contribution is -0.384. The molecule has 0 bridgehead atoms. The van der Waals surface area contributed by atoms with Crippen LogP contribution in [0.15, 0.2) is 27.4 Å². The number of nitro benzene ring substituents is 1. The zero-order valence-corrected chi connectivity index (χ0v) is 9.78. The number of fused-ring (bicyclic) bond motifs is 1. The fraction of sp³-hybridized carbons (Fsp3) is 0.182. The number of aromatic nitrogens is 1. The Bertz CT molecular complexity index is 721. The number of esters is 1. The van der Waals surface area contributed by atoms with Crippen molar-refractivity contribution in [2.45, 2.75) is 6.92 Å². The van der Waals surface area contributed by atoms with E-state index in [4.69, 9.17) is 4.42 Å². The second-order valence-electron chi connectivity index (χ2n) is 3.49. The summed E-state index contributed by atoms with van der Waals surface area (Å²) < 4.78 is 9.34. The second kappa shape index (κ2) is 4.84. The average Bonchev–Trinajstić information content (AvgIpc) is 2.38. The molecule has 0 aliphatic rings. The van der Waals surface area contributed by atoms with Gasteiger partial charge in [-0.05, 0) is 13.0 Å². The molecule has 1 aromatic carbocycles. The summed E-state index contributed by atoms with van der Waals surface area (Å²) in [6.07, 6.45) is 0. The van der Waals surface area contributed by atoms with Crippen LogP contribution >= 0.6 is 0 Å². The van der Waals surface area contributed by atoms with Gasteiger partial charge in [0.1, 0.15) is 0 Å². The zero-order chi connectivity index (χ0) is 14.0. The summed E-state index contributed by atoms with van der Waals surface area (Å²) in [5.74, 6) is -1.42. The Morgan fingerprint density at radius 2 is 2.26 bits per heavy atom. The maximum Gasteiger partial charge on any atom is 0.394 e. The third kappa shape index (κ3) is 2.41. The van der Waals surface area contributed by atoms with Crippen molar-refractivity contribution < 1.29 is 18.9 Å². The molecule has 1 aromatic heterocycles. The number of hydrogen-bond donors (Lipinski definition) is 0. The van der Waals surface area contributed by atoms with Gasteiger partial charge in [-0.2, -0.15) is 0 Å². The van der Waals surface area contributed by atoms with Crippen LogP contribution < -0.4 is 5.63 Å². The molecule has 0 radical (unpaired) electrons. The Morgan fingerprint density at radius 1 is 1.53 bits per heavy atom. The van der Waals surface area contributed by atoms with Gasteiger partial charge in [0.25, 0.3) is 5.69 Å². The molecule has 0 aliphatic heterocycles. The molecule has 0 amide bonds. The van der Waals surface area contributed by atoms with Crippen molar-refractivity contribution in [2.75, 3.05) is 6.61 Å². The van der Waals surface area contributed by atoms with Crippen LogP contribution in [0.5, 0.6) is 0 Å². The van der Waals surface area contributed by atoms with E-state index < -0.39 is 22.4 Å². The predicted octanol–water partition coefficient (Wildman–Crippen LogP) is 1.27. The molecule has 8 nitrogen and oxygen atoms in total. The minimum absolute atomic E-state index is 0.00787. The minimum atomic E-state index is -0.895. The Balaban J connectivity index is 2.62. The first-order valence-electron chi connectivity index (χ1n) is 5.29. The smallest absolute Gasteiger partial charge is 0.394 e. The molecule has 0 atom stereocenters. The van der Waals surface area contributed by atoms with E-state index in [1.807, 2.05) is 0 Å². The van der Waals surface area contributed by atoms with Gasteiger partial charge in [0, 0.05) is 12.1 Å². The van der Waals surface area contributed by atoms with E-state index in [0.717, 1.165) is 12.1 Å². The number of carbonyl (C=O) groups is 1. The van der Waals surface area contributed by atoms with Crippen molar-refractivity contribution in [2.24, 2.45) is 0 Å². The molecular weight excluding hydrogens is 256 g/mol. The molecule has 0 fully saturated rings. The highest BCUT2D eigenvalue weighted by molar-refractivity contribution is 5.87. The largest absolute Gasteiger partial charge is 0.459 e. The Kier molecular flexibility index (Phi) is 3.23. The first-order valence-corrected chi connectivity index (χ1v) is 5.29. The molecule has 2 aromatic rings. The van der Waals surface area contributed by atoms with Crippen molar-refractivity contribution in [3.63, 3.8) is 0 Å². The van der Waals surface area contributed by atoms with Crippen LogP contribution in [0.1, 0.15) is 17.6 Å². The topological polar surface area (TPSA) is 113 Å². The maximum atomic E-state index is 11.6. The lowest BCUT2D eigenvalue weighted by Gasteiger charge is -2.01. The second-order valence-corrected chi connectivity index (χ2v) is 3.49. The molecule has 2 rings (SSSR count). The highest BCUT2D eigenvalue weighted by Crippen LogP contribution is 2.17. The summed E-state index contributed by atoms with van der Waals surface area (Å²) in [5.41, 5.74) is -1.03. The Hall–Kier alpha value is -2.77. The van der Waals surface area contributed by atoms with E-state index in [-0.39, 0.29) is 23.2 Å². The summed E-state index contributed by atoms with van der Waals surface area (Å²) >= 11 is 0. The van der Waals surface area contributed by atoms with Gasteiger partial charge in [-0.1, -0.05) is 0 Å². The number of benzene rings is 1. The number of rotatable bonds is 3. The third-order valence-corrected chi connectivity index (χ3v) is 2.27. The normalized spacial score (nSPS) is 10.4. The number of nitro groups is 1. The zero-order valence-electron chi connectivity index (χ0n) is 9.78. The molecular formula is C11H8N2O6. The molecule has 0 spiro atoms. The van der Waals surface area contributed by atoms with Crippen molar-refractivity contribution in [1.29, 1.82) is 0 Å². The van der Waals surface area contributed by atoms with E-state index >= 15 is 0 Å². The van der Waals surface area contributed by atoms with E-state index in [0.29, 0.717) is 0 Å². The monoisotopic (exact) mass is 264 g/mol. The predicted molar refractivity (Wildman–Crippen MR) is 62.9 cm³/mol. The van der Waals surface area contributed by atoms with Gasteiger partial charge < -0.3 is 9.15 Å². The highest BCUT2D eigenvalue weighted by Gasteiger charge is 2.17. The summed E-state index contributed by atoms with van der Waals surface area (Å²) in [7, 11) is 0. The van der Waals surface area contributed by atoms with Gasteiger partial charge in [0.2, 0.25) is 0 Å². The van der Waals surface area contributed by atoms with Gasteiger partial charge in [-0.15, -0.1) is 0 Å². The summed E-state index contributed by atoms with van der Waals surface area (Å²) in [4.78, 5) is 36.8. The SMILES string of the molecule is CCOC(=O)c1nc2cc([N+](=O)[O-])ccc2c(=O)o1. The lowest BCUT2D eigenvalue weighted by atomic mass is 10.2. The van der Waals surface area contributed by atoms with Crippen molar-refractivity contribution in [3.8, 4) is 0 Å². The Labute approximate surface area is 105 Å². The number of hydrogen-bond acceptors (Lipinski definition) is 7. The van der Waals surface area contributed by atoms with Crippen LogP contribution in [0.4, 0.5) is 5.69 Å². The van der Waals surface area contributed by atoms with Crippen LogP contribution in [-0.2, 0) is 4.74 Å². The van der Waals surface area contributed by atoms with Crippen LogP contribution in [0.2, 0.25) is 0 Å². The van der Waals surface area contributed by atoms with E-state index in [2.05, 4.69) is 9.72 Å². The van der Waals surface area contributed by atoms with Gasteiger partial charge in [-0.25, -0.2) is 14.6 Å². The van der Waals surface area contributed by atoms with Gasteiger partial charge >= 0.3 is 17.5 Å². The van der Waals surface area contributed by atoms with Crippen LogP contribution in [0.3, 0.4) is 0 Å². The Morgan fingerprint density at radius 3 is 2.89 bits per heavy atom. The van der Waals surface area contributed by atoms with E-state index in [1.54, 1.807) is 6.92 Å². The molecule has 8 heteroatoms. The van der Waals surface area contributed by atoms with Gasteiger partial charge in [-0.3, -0.25) is 10.1 Å². The number of carbonyl (C=O) groups excluding carboxylic acids is 1. The molecule has 0 saturated carbocycles. The highest BCUT2D eigenvalue weighted by atomic mass is 16.6. The molecule has 19 heavy (non-hydrogen) atoms. The minimum Gasteiger partial charge on any atom is -0.459 e. The third-order valence-electron chi connectivity index (χ3n) is 2.27. The first-order chi connectivity index (χ1) is 9.02. The molecule has 0 unspecified atom stereocenters. The van der Waals surface area contributed by atoms with E-state index in [9.17, 15) is 19.7 Å². The first kappa shape index (κ1) is 12.7. The van der Waals surface area contributed by atoms with Crippen LogP contribution in [-0.4, -0.2) is 22.5 Å². The number of non-ortho nitro benzene ring substituents is 1. The van der Waals surface area contributed by atoms with Gasteiger partial charge in [0.15, 0.2) is 0 Å². The summed E-state index contributed by atoms with van der Waals surface area (Å²) in [5, 5.41) is 10.7. The molecule has 0 aliphatic carbocycles. The van der Waals surface area contributed by atoms with Gasteiger partial charge in [0.05, 0.1) is 22.4 Å². The van der Waals surface area contributed by atoms with Crippen molar-refractivity contribution >= 4 is 22.6 Å². The molecule has 1 heterocycles. The number of nitrogens with zero attached hydrogens (tertiary/aromatic N) is 2. The molecule has 0 N–H and O–H groups in total. The maximum absolute atomic E-state index is 11.6. The number of ether oxygens (including phenoxy) is 1. The summed E-state index contributed by atoms with van der Waals surface area (Å²) in [6, 6.07) is 3.47. The van der Waals surface area contributed by atoms with E-state index in [1.165, 1.54) is 6.07 Å². The summed E-state index contributed by atoms with van der Waals surface area (Å²) in [6.45, 7) is 1.68. The average molecular weight is 264 g/mol. The lowest BCUT2D eigenvalue weighted by Crippen LogP contribution is -2.12. The van der Waals surface area contributed by atoms with Crippen LogP contribution in [0, 0.1) is 10.1 Å². The standard InChI is InChI=1S/C11H8N2O6/c1-2-18-11(15)9-12-8-5-6(13(16)17)3-4-7(8)10(14)19-9/h3-5H,2H2,1H3. The quantitative estimate of drug-likeness (QED) is 0.466. The molecule has 0 saturated heterocycles. The van der Waals surface area contributed by atoms with Crippen molar-refractivity contribution in [3.05, 3.63) is 44.6 Å². The fourth-order valence-electron chi connectivity index (χ4n) is 1.45.